The fraction of sp³-hybridized carbons (Fsp3) is 0.143. The minimum Gasteiger partial charge on any atom is -0.495 e. The molecule has 1 amide bonds. The Hall–Kier alpha value is -4.14. The van der Waals surface area contributed by atoms with Crippen LogP contribution in [0.3, 0.4) is 0 Å². The number of furan rings is 1. The number of nitrogens with zero attached hydrogens (tertiary/aromatic N) is 3. The molecule has 30 heavy (non-hydrogen) atoms. The zero-order chi connectivity index (χ0) is 21.1. The maximum absolute atomic E-state index is 13.1. The van der Waals surface area contributed by atoms with Crippen LogP contribution in [-0.4, -0.2) is 27.1 Å². The number of carbonyl (C=O) groups excluding carboxylic acids is 1. The van der Waals surface area contributed by atoms with Crippen molar-refractivity contribution in [3.63, 3.8) is 0 Å². The lowest BCUT2D eigenvalue weighted by Gasteiger charge is -2.14. The summed E-state index contributed by atoms with van der Waals surface area (Å²) in [6.07, 6.45) is 2.93. The fourth-order valence-corrected chi connectivity index (χ4v) is 3.17. The van der Waals surface area contributed by atoms with Gasteiger partial charge in [-0.2, -0.15) is 0 Å². The molecule has 9 nitrogen and oxygen atoms in total. The molecule has 1 N–H and O–H groups in total. The third-order valence-corrected chi connectivity index (χ3v) is 4.56. The highest BCUT2D eigenvalue weighted by molar-refractivity contribution is 5.92. The first kappa shape index (κ1) is 19.2. The van der Waals surface area contributed by atoms with Crippen molar-refractivity contribution in [3.8, 4) is 5.75 Å². The van der Waals surface area contributed by atoms with Crippen molar-refractivity contribution in [2.75, 3.05) is 12.4 Å². The highest BCUT2D eigenvalue weighted by Crippen LogP contribution is 2.22. The molecule has 0 saturated carbocycles. The number of rotatable bonds is 6. The Bertz CT molecular complexity index is 1320. The lowest BCUT2D eigenvalue weighted by atomic mass is 10.3. The zero-order valence-electron chi connectivity index (χ0n) is 16.1. The first-order valence-electron chi connectivity index (χ1n) is 9.12. The second-order valence-corrected chi connectivity index (χ2v) is 6.46. The Morgan fingerprint density at radius 2 is 1.93 bits per heavy atom. The number of amides is 1. The van der Waals surface area contributed by atoms with E-state index in [0.717, 1.165) is 4.57 Å². The van der Waals surface area contributed by atoms with E-state index in [2.05, 4.69) is 10.3 Å². The summed E-state index contributed by atoms with van der Waals surface area (Å²) in [6.45, 7) is -0.382. The van der Waals surface area contributed by atoms with Crippen molar-refractivity contribution in [1.82, 2.24) is 14.1 Å². The van der Waals surface area contributed by atoms with E-state index in [9.17, 15) is 14.4 Å². The van der Waals surface area contributed by atoms with Gasteiger partial charge in [0.2, 0.25) is 5.91 Å². The first-order chi connectivity index (χ1) is 14.6. The van der Waals surface area contributed by atoms with Crippen LogP contribution in [0.5, 0.6) is 5.75 Å². The Balaban J connectivity index is 1.75. The van der Waals surface area contributed by atoms with Crippen molar-refractivity contribution in [3.05, 3.63) is 87.6 Å². The van der Waals surface area contributed by atoms with Gasteiger partial charge in [-0.1, -0.05) is 12.1 Å². The Morgan fingerprint density at radius 3 is 2.70 bits per heavy atom. The molecule has 0 spiro atoms. The van der Waals surface area contributed by atoms with Gasteiger partial charge in [0.15, 0.2) is 0 Å². The molecule has 0 aliphatic carbocycles. The smallest absolute Gasteiger partial charge is 0.333 e. The van der Waals surface area contributed by atoms with Crippen LogP contribution in [0, 0.1) is 0 Å². The van der Waals surface area contributed by atoms with Crippen molar-refractivity contribution in [2.24, 2.45) is 0 Å². The van der Waals surface area contributed by atoms with Gasteiger partial charge >= 0.3 is 5.69 Å². The van der Waals surface area contributed by atoms with E-state index in [-0.39, 0.29) is 24.1 Å². The number of para-hydroxylation sites is 2. The third-order valence-electron chi connectivity index (χ3n) is 4.56. The molecule has 3 heterocycles. The van der Waals surface area contributed by atoms with Crippen LogP contribution in [0.25, 0.3) is 11.0 Å². The van der Waals surface area contributed by atoms with E-state index in [1.807, 2.05) is 0 Å². The average Bonchev–Trinajstić information content (AvgIpc) is 3.28. The lowest BCUT2D eigenvalue weighted by molar-refractivity contribution is -0.116. The number of carbonyl (C=O) groups is 1. The molecule has 0 saturated heterocycles. The molecule has 0 unspecified atom stereocenters. The Labute approximate surface area is 170 Å². The van der Waals surface area contributed by atoms with E-state index in [4.69, 9.17) is 9.15 Å². The summed E-state index contributed by atoms with van der Waals surface area (Å²) in [4.78, 5) is 42.8. The molecule has 9 heteroatoms. The second kappa shape index (κ2) is 8.08. The van der Waals surface area contributed by atoms with Gasteiger partial charge in [0.1, 0.15) is 23.7 Å². The minimum atomic E-state index is -0.655. The number of fused-ring (bicyclic) bond motifs is 1. The number of anilines is 1. The molecule has 152 valence electrons. The van der Waals surface area contributed by atoms with Crippen LogP contribution in [-0.2, 0) is 17.9 Å². The van der Waals surface area contributed by atoms with Crippen molar-refractivity contribution >= 4 is 22.6 Å². The van der Waals surface area contributed by atoms with E-state index in [1.165, 1.54) is 24.1 Å². The molecule has 0 aliphatic heterocycles. The molecule has 4 aromatic rings. The number of nitrogens with one attached hydrogen (secondary N) is 1. The largest absolute Gasteiger partial charge is 0.495 e. The maximum Gasteiger partial charge on any atom is 0.333 e. The Morgan fingerprint density at radius 1 is 1.10 bits per heavy atom. The van der Waals surface area contributed by atoms with Crippen molar-refractivity contribution < 1.29 is 13.9 Å². The lowest BCUT2D eigenvalue weighted by Crippen LogP contribution is -2.42. The van der Waals surface area contributed by atoms with E-state index in [0.29, 0.717) is 17.2 Å². The predicted molar refractivity (Wildman–Crippen MR) is 110 cm³/mol. The second-order valence-electron chi connectivity index (χ2n) is 6.46. The SMILES string of the molecule is COc1ccccc1NC(=O)Cn1c(=O)n(Cc2ccco2)c(=O)c2cccnc21. The van der Waals surface area contributed by atoms with E-state index in [1.54, 1.807) is 48.5 Å². The molecule has 0 atom stereocenters. The van der Waals surface area contributed by atoms with E-state index >= 15 is 0 Å². The first-order valence-corrected chi connectivity index (χ1v) is 9.12. The zero-order valence-corrected chi connectivity index (χ0v) is 16.1. The molecule has 3 aromatic heterocycles. The summed E-state index contributed by atoms with van der Waals surface area (Å²) in [5.74, 6) is 0.475. The van der Waals surface area contributed by atoms with Crippen LogP contribution in [0.15, 0.2) is 75.0 Å². The average molecular weight is 406 g/mol. The van der Waals surface area contributed by atoms with Crippen LogP contribution >= 0.6 is 0 Å². The number of methoxy groups -OCH3 is 1. The molecular formula is C21H18N4O5. The molecule has 0 aliphatic rings. The van der Waals surface area contributed by atoms with Gasteiger partial charge in [0.05, 0.1) is 31.0 Å². The van der Waals surface area contributed by atoms with Gasteiger partial charge < -0.3 is 14.5 Å². The molecule has 0 bridgehead atoms. The standard InChI is InChI=1S/C21H18N4O5/c1-29-17-9-3-2-8-16(17)23-18(26)13-24-19-15(7-4-10-22-19)20(27)25(21(24)28)12-14-6-5-11-30-14/h2-11H,12-13H2,1H3,(H,23,26). The van der Waals surface area contributed by atoms with Crippen LogP contribution in [0.4, 0.5) is 5.69 Å². The highest BCUT2D eigenvalue weighted by atomic mass is 16.5. The number of hydrogen-bond acceptors (Lipinski definition) is 6. The maximum atomic E-state index is 13.1. The van der Waals surface area contributed by atoms with Crippen LogP contribution in [0.2, 0.25) is 0 Å². The molecular weight excluding hydrogens is 388 g/mol. The van der Waals surface area contributed by atoms with Gasteiger partial charge in [-0.3, -0.25) is 18.7 Å². The molecule has 1 aromatic carbocycles. The van der Waals surface area contributed by atoms with Gasteiger partial charge in [-0.05, 0) is 36.4 Å². The minimum absolute atomic E-state index is 0.0520. The molecule has 0 fully saturated rings. The molecule has 4 rings (SSSR count). The number of hydrogen-bond donors (Lipinski definition) is 1. The predicted octanol–water partition coefficient (Wildman–Crippen LogP) is 1.85. The summed E-state index contributed by atoms with van der Waals surface area (Å²) < 4.78 is 12.7. The number of pyridine rings is 1. The normalized spacial score (nSPS) is 10.8. The summed E-state index contributed by atoms with van der Waals surface area (Å²) in [5.41, 5.74) is -0.545. The van der Waals surface area contributed by atoms with Crippen molar-refractivity contribution in [2.45, 2.75) is 13.1 Å². The number of ether oxygens (including phenoxy) is 1. The monoisotopic (exact) mass is 406 g/mol. The van der Waals surface area contributed by atoms with Gasteiger partial charge in [0, 0.05) is 6.20 Å². The summed E-state index contributed by atoms with van der Waals surface area (Å²) in [5, 5.41) is 2.95. The quantitative estimate of drug-likeness (QED) is 0.524. The Kier molecular flexibility index (Phi) is 5.17. The highest BCUT2D eigenvalue weighted by Gasteiger charge is 2.17. The summed E-state index contributed by atoms with van der Waals surface area (Å²) in [7, 11) is 1.50. The van der Waals surface area contributed by atoms with Gasteiger partial charge in [-0.25, -0.2) is 9.78 Å². The third kappa shape index (κ3) is 3.60. The van der Waals surface area contributed by atoms with Crippen molar-refractivity contribution in [1.29, 1.82) is 0 Å². The topological polar surface area (TPSA) is 108 Å². The van der Waals surface area contributed by atoms with Gasteiger partial charge in [-0.15, -0.1) is 0 Å². The summed E-state index contributed by atoms with van der Waals surface area (Å²) >= 11 is 0. The van der Waals surface area contributed by atoms with Crippen LogP contribution < -0.4 is 21.3 Å². The van der Waals surface area contributed by atoms with Gasteiger partial charge in [0.25, 0.3) is 5.56 Å². The fourth-order valence-electron chi connectivity index (χ4n) is 3.17. The summed E-state index contributed by atoms with van der Waals surface area (Å²) in [6, 6.07) is 13.4. The van der Waals surface area contributed by atoms with Crippen LogP contribution in [0.1, 0.15) is 5.76 Å². The molecule has 0 radical (unpaired) electrons. The van der Waals surface area contributed by atoms with E-state index < -0.39 is 17.2 Å². The number of benzene rings is 1. The number of aromatic nitrogens is 3.